The number of aliphatic hydroxyl groups excluding tert-OH is 1. The van der Waals surface area contributed by atoms with Crippen LogP contribution in [0.4, 0.5) is 0 Å². The van der Waals surface area contributed by atoms with E-state index in [9.17, 15) is 14.7 Å². The van der Waals surface area contributed by atoms with Crippen molar-refractivity contribution in [2.75, 3.05) is 13.1 Å². The van der Waals surface area contributed by atoms with Gasteiger partial charge in [0.2, 0.25) is 11.8 Å². The number of imidazole rings is 1. The Kier molecular flexibility index (Phi) is 7.77. The standard InChI is InChI=1S/C28H36ClN7O3/c1-28(2,3)25(36-16-23(32-33-36)19-6-7-19)27(39)35-15-22(37)12-24(35)26(38)30-11-10-21-14-34(17-31-21)13-18-4-8-20(29)9-5-18/h4-5,8-9,14,16-17,19,22,24-25,37H,6-7,10-13,15H2,1-3H3,(H,30,38)/t22?,24?,25-/m1/s1. The molecular formula is C28H36ClN7O3. The highest BCUT2D eigenvalue weighted by atomic mass is 35.5. The molecule has 3 atom stereocenters. The zero-order valence-corrected chi connectivity index (χ0v) is 23.4. The average Bonchev–Trinajstić information content (AvgIpc) is 3.25. The van der Waals surface area contributed by atoms with E-state index in [0.29, 0.717) is 30.5 Å². The molecule has 0 bridgehead atoms. The Morgan fingerprint density at radius 2 is 1.92 bits per heavy atom. The van der Waals surface area contributed by atoms with Gasteiger partial charge < -0.3 is 19.9 Å². The molecule has 2 fully saturated rings. The number of nitrogens with zero attached hydrogens (tertiary/aromatic N) is 6. The van der Waals surface area contributed by atoms with Gasteiger partial charge in [-0.2, -0.15) is 0 Å². The van der Waals surface area contributed by atoms with Gasteiger partial charge in [0.15, 0.2) is 0 Å². The maximum Gasteiger partial charge on any atom is 0.248 e. The van der Waals surface area contributed by atoms with Crippen LogP contribution in [0.25, 0.3) is 0 Å². The Morgan fingerprint density at radius 1 is 1.18 bits per heavy atom. The van der Waals surface area contributed by atoms with Gasteiger partial charge in [-0.1, -0.05) is 49.7 Å². The van der Waals surface area contributed by atoms with Gasteiger partial charge in [0.25, 0.3) is 0 Å². The van der Waals surface area contributed by atoms with E-state index in [1.54, 1.807) is 11.0 Å². The van der Waals surface area contributed by atoms with Crippen LogP contribution in [-0.4, -0.2) is 71.6 Å². The Labute approximate surface area is 233 Å². The SMILES string of the molecule is CC(C)(C)[C@@H](C(=O)N1CC(O)CC1C(=O)NCCc1cn(Cc2ccc(Cl)cc2)cn1)n1cc(C2CC2)nn1. The van der Waals surface area contributed by atoms with Crippen LogP contribution in [0, 0.1) is 5.41 Å². The smallest absolute Gasteiger partial charge is 0.248 e. The molecule has 2 N–H and O–H groups in total. The van der Waals surface area contributed by atoms with Gasteiger partial charge in [0.05, 0.1) is 23.8 Å². The maximum atomic E-state index is 13.8. The highest BCUT2D eigenvalue weighted by molar-refractivity contribution is 6.30. The second kappa shape index (κ2) is 11.1. The maximum absolute atomic E-state index is 13.8. The van der Waals surface area contributed by atoms with Crippen molar-refractivity contribution in [2.24, 2.45) is 5.41 Å². The predicted octanol–water partition coefficient (Wildman–Crippen LogP) is 2.96. The monoisotopic (exact) mass is 553 g/mol. The number of aromatic nitrogens is 5. The number of nitrogens with one attached hydrogen (secondary N) is 1. The highest BCUT2D eigenvalue weighted by Crippen LogP contribution is 2.40. The van der Waals surface area contributed by atoms with Crippen LogP contribution in [0.3, 0.4) is 0 Å². The van der Waals surface area contributed by atoms with Crippen LogP contribution in [0.5, 0.6) is 0 Å². The molecule has 5 rings (SSSR count). The fourth-order valence-corrected chi connectivity index (χ4v) is 5.31. The van der Waals surface area contributed by atoms with Crippen LogP contribution in [-0.2, 0) is 22.6 Å². The molecule has 3 heterocycles. The lowest BCUT2D eigenvalue weighted by Crippen LogP contribution is -2.50. The number of hydrogen-bond acceptors (Lipinski definition) is 6. The Bertz CT molecular complexity index is 1310. The van der Waals surface area contributed by atoms with E-state index >= 15 is 0 Å². The zero-order valence-electron chi connectivity index (χ0n) is 22.6. The number of carbonyl (C=O) groups is 2. The number of benzene rings is 1. The van der Waals surface area contributed by atoms with E-state index in [-0.39, 0.29) is 24.8 Å². The third-order valence-electron chi connectivity index (χ3n) is 7.35. The minimum atomic E-state index is -0.758. The number of aliphatic hydroxyl groups is 1. The lowest BCUT2D eigenvalue weighted by molar-refractivity contribution is -0.144. The van der Waals surface area contributed by atoms with Crippen molar-refractivity contribution >= 4 is 23.4 Å². The number of amides is 2. The Balaban J connectivity index is 1.20. The van der Waals surface area contributed by atoms with Crippen molar-refractivity contribution < 1.29 is 14.7 Å². The molecule has 2 aliphatic rings. The van der Waals surface area contributed by atoms with Crippen LogP contribution < -0.4 is 5.32 Å². The molecule has 1 saturated heterocycles. The minimum Gasteiger partial charge on any atom is -0.391 e. The predicted molar refractivity (Wildman–Crippen MR) is 146 cm³/mol. The first-order valence-corrected chi connectivity index (χ1v) is 13.9. The number of carbonyl (C=O) groups excluding carboxylic acids is 2. The molecule has 2 unspecified atom stereocenters. The summed E-state index contributed by atoms with van der Waals surface area (Å²) in [6, 6.07) is 6.29. The van der Waals surface area contributed by atoms with Gasteiger partial charge in [-0.25, -0.2) is 9.67 Å². The molecule has 208 valence electrons. The van der Waals surface area contributed by atoms with E-state index in [0.717, 1.165) is 29.8 Å². The normalized spacial score (nSPS) is 20.3. The summed E-state index contributed by atoms with van der Waals surface area (Å²) >= 11 is 5.96. The zero-order chi connectivity index (χ0) is 27.7. The summed E-state index contributed by atoms with van der Waals surface area (Å²) in [7, 11) is 0. The molecule has 39 heavy (non-hydrogen) atoms. The van der Waals surface area contributed by atoms with Crippen molar-refractivity contribution in [2.45, 2.75) is 77.1 Å². The largest absolute Gasteiger partial charge is 0.391 e. The first-order chi connectivity index (χ1) is 18.6. The molecule has 1 aliphatic carbocycles. The third-order valence-corrected chi connectivity index (χ3v) is 7.60. The molecule has 2 amide bonds. The van der Waals surface area contributed by atoms with Gasteiger partial charge in [0.1, 0.15) is 12.1 Å². The van der Waals surface area contributed by atoms with Gasteiger partial charge in [-0.05, 0) is 36.0 Å². The summed E-state index contributed by atoms with van der Waals surface area (Å²) in [5, 5.41) is 22.6. The molecule has 1 aromatic carbocycles. The minimum absolute atomic E-state index is 0.114. The second-order valence-corrected chi connectivity index (χ2v) is 12.2. The van der Waals surface area contributed by atoms with E-state index in [1.165, 1.54) is 4.90 Å². The molecule has 11 heteroatoms. The summed E-state index contributed by atoms with van der Waals surface area (Å²) in [6.45, 7) is 7.09. The average molecular weight is 554 g/mol. The molecule has 3 aromatic rings. The highest BCUT2D eigenvalue weighted by Gasteiger charge is 2.45. The third kappa shape index (κ3) is 6.50. The quantitative estimate of drug-likeness (QED) is 0.420. The first-order valence-electron chi connectivity index (χ1n) is 13.5. The van der Waals surface area contributed by atoms with E-state index in [2.05, 4.69) is 20.6 Å². The molecule has 10 nitrogen and oxygen atoms in total. The lowest BCUT2D eigenvalue weighted by Gasteiger charge is -2.34. The summed E-state index contributed by atoms with van der Waals surface area (Å²) in [5.41, 5.74) is 2.41. The van der Waals surface area contributed by atoms with Crippen LogP contribution in [0.15, 0.2) is 43.0 Å². The van der Waals surface area contributed by atoms with Crippen molar-refractivity contribution in [1.82, 2.24) is 34.8 Å². The number of halogens is 1. The fourth-order valence-electron chi connectivity index (χ4n) is 5.18. The van der Waals surface area contributed by atoms with Gasteiger partial charge >= 0.3 is 0 Å². The fraction of sp³-hybridized carbons (Fsp3) is 0.536. The Hall–Kier alpha value is -3.24. The molecule has 2 aromatic heterocycles. The van der Waals surface area contributed by atoms with E-state index in [4.69, 9.17) is 11.6 Å². The molecule has 1 saturated carbocycles. The second-order valence-electron chi connectivity index (χ2n) is 11.8. The number of rotatable bonds is 9. The number of likely N-dealkylation sites (tertiary alicyclic amines) is 1. The van der Waals surface area contributed by atoms with Crippen molar-refractivity contribution in [3.05, 3.63) is 65.0 Å². The number of β-amino-alcohol motifs (C(OH)–C–C–N with tert-alkyl or cyclic N) is 1. The van der Waals surface area contributed by atoms with E-state index < -0.39 is 23.6 Å². The van der Waals surface area contributed by atoms with Gasteiger partial charge in [0, 0.05) is 55.8 Å². The summed E-state index contributed by atoms with van der Waals surface area (Å²) in [6.07, 6.45) is 7.77. The topological polar surface area (TPSA) is 118 Å². The number of hydrogen-bond donors (Lipinski definition) is 2. The summed E-state index contributed by atoms with van der Waals surface area (Å²) < 4.78 is 3.62. The summed E-state index contributed by atoms with van der Waals surface area (Å²) in [5.74, 6) is -0.0803. The van der Waals surface area contributed by atoms with Crippen molar-refractivity contribution in [3.8, 4) is 0 Å². The molecule has 0 spiro atoms. The molecule has 1 aliphatic heterocycles. The molecule has 0 radical (unpaired) electrons. The lowest BCUT2D eigenvalue weighted by atomic mass is 9.85. The van der Waals surface area contributed by atoms with Crippen molar-refractivity contribution in [1.29, 1.82) is 0 Å². The van der Waals surface area contributed by atoms with Crippen LogP contribution >= 0.6 is 11.6 Å². The summed E-state index contributed by atoms with van der Waals surface area (Å²) in [4.78, 5) is 33.0. The van der Waals surface area contributed by atoms with Gasteiger partial charge in [-0.15, -0.1) is 5.10 Å². The first kappa shape index (κ1) is 27.3. The van der Waals surface area contributed by atoms with Crippen LogP contribution in [0.1, 0.15) is 68.9 Å². The van der Waals surface area contributed by atoms with E-state index in [1.807, 2.05) is 62.0 Å². The Morgan fingerprint density at radius 3 is 2.62 bits per heavy atom. The van der Waals surface area contributed by atoms with Gasteiger partial charge in [-0.3, -0.25) is 9.59 Å². The van der Waals surface area contributed by atoms with Crippen LogP contribution in [0.2, 0.25) is 5.02 Å². The molecular weight excluding hydrogens is 518 g/mol. The van der Waals surface area contributed by atoms with Crippen molar-refractivity contribution in [3.63, 3.8) is 0 Å².